The summed E-state index contributed by atoms with van der Waals surface area (Å²) in [5, 5.41) is 3.29. The fourth-order valence-corrected chi connectivity index (χ4v) is 4.88. The molecule has 0 unspecified atom stereocenters. The van der Waals surface area contributed by atoms with Gasteiger partial charge in [-0.25, -0.2) is 9.97 Å². The molecule has 1 N–H and O–H groups in total. The van der Waals surface area contributed by atoms with Crippen molar-refractivity contribution in [2.24, 2.45) is 0 Å². The summed E-state index contributed by atoms with van der Waals surface area (Å²) in [6.07, 6.45) is 2.57. The van der Waals surface area contributed by atoms with Crippen LogP contribution in [-0.4, -0.2) is 52.2 Å². The number of hydrogen-bond donors (Lipinski definition) is 1. The second-order valence-electron chi connectivity index (χ2n) is 9.19. The fourth-order valence-electron chi connectivity index (χ4n) is 4.88. The minimum Gasteiger partial charge on any atom is -0.488 e. The molecule has 7 heteroatoms. The van der Waals surface area contributed by atoms with E-state index < -0.39 is 0 Å². The van der Waals surface area contributed by atoms with Gasteiger partial charge in [-0.3, -0.25) is 4.79 Å². The lowest BCUT2D eigenvalue weighted by Gasteiger charge is -2.38. The minimum atomic E-state index is -0.192. The number of anilines is 2. The molecule has 0 bridgehead atoms. The number of amides is 1. The number of rotatable bonds is 5. The Bertz CT molecular complexity index is 1140. The highest BCUT2D eigenvalue weighted by molar-refractivity contribution is 5.95. The van der Waals surface area contributed by atoms with Gasteiger partial charge in [-0.15, -0.1) is 0 Å². The maximum atomic E-state index is 13.2. The van der Waals surface area contributed by atoms with Gasteiger partial charge in [0.2, 0.25) is 0 Å². The standard InChI is InChI=1S/C27H30N4O3/c1-19-15-25(29-20(2)28-19)30-22-8-6-7-21(16-22)26(32)31-13-11-27(12-14-31)17-24(18-33-27)34-23-9-4-3-5-10-23/h3-10,15-16,24H,11-14,17-18H2,1-2H3,(H,28,29,30)/t24-/m1/s1. The Morgan fingerprint density at radius 3 is 2.62 bits per heavy atom. The van der Waals surface area contributed by atoms with E-state index in [-0.39, 0.29) is 17.6 Å². The lowest BCUT2D eigenvalue weighted by molar-refractivity contribution is -0.0395. The van der Waals surface area contributed by atoms with Crippen molar-refractivity contribution in [2.45, 2.75) is 44.8 Å². The second kappa shape index (κ2) is 9.43. The van der Waals surface area contributed by atoms with E-state index in [1.54, 1.807) is 0 Å². The number of nitrogens with zero attached hydrogens (tertiary/aromatic N) is 3. The topological polar surface area (TPSA) is 76.6 Å². The van der Waals surface area contributed by atoms with Crippen molar-refractivity contribution in [1.82, 2.24) is 14.9 Å². The molecule has 1 aromatic heterocycles. The molecule has 2 saturated heterocycles. The average Bonchev–Trinajstić information content (AvgIpc) is 3.21. The summed E-state index contributed by atoms with van der Waals surface area (Å²) >= 11 is 0. The van der Waals surface area contributed by atoms with E-state index in [2.05, 4.69) is 15.3 Å². The molecule has 2 aromatic carbocycles. The largest absolute Gasteiger partial charge is 0.488 e. The van der Waals surface area contributed by atoms with E-state index in [9.17, 15) is 4.79 Å². The lowest BCUT2D eigenvalue weighted by Crippen LogP contribution is -2.46. The molecule has 2 fully saturated rings. The van der Waals surface area contributed by atoms with Crippen molar-refractivity contribution >= 4 is 17.4 Å². The monoisotopic (exact) mass is 458 g/mol. The number of aromatic nitrogens is 2. The highest BCUT2D eigenvalue weighted by Crippen LogP contribution is 2.37. The first kappa shape index (κ1) is 22.3. The fraction of sp³-hybridized carbons (Fsp3) is 0.370. The third-order valence-electron chi connectivity index (χ3n) is 6.53. The van der Waals surface area contributed by atoms with Gasteiger partial charge >= 0.3 is 0 Å². The quantitative estimate of drug-likeness (QED) is 0.598. The van der Waals surface area contributed by atoms with Gasteiger partial charge in [0.1, 0.15) is 23.5 Å². The van der Waals surface area contributed by atoms with Gasteiger partial charge in [-0.2, -0.15) is 0 Å². The van der Waals surface area contributed by atoms with E-state index in [0.717, 1.165) is 42.2 Å². The Kier molecular flexibility index (Phi) is 6.20. The van der Waals surface area contributed by atoms with Gasteiger partial charge in [0.05, 0.1) is 12.2 Å². The Morgan fingerprint density at radius 2 is 1.85 bits per heavy atom. The second-order valence-corrected chi connectivity index (χ2v) is 9.19. The summed E-state index contributed by atoms with van der Waals surface area (Å²) in [5.74, 6) is 2.35. The number of carbonyl (C=O) groups is 1. The maximum Gasteiger partial charge on any atom is 0.253 e. The van der Waals surface area contributed by atoms with Crippen LogP contribution in [0.15, 0.2) is 60.7 Å². The predicted molar refractivity (Wildman–Crippen MR) is 131 cm³/mol. The van der Waals surface area contributed by atoms with E-state index >= 15 is 0 Å². The number of ether oxygens (including phenoxy) is 2. The Balaban J connectivity index is 1.19. The van der Waals surface area contributed by atoms with Crippen LogP contribution >= 0.6 is 0 Å². The van der Waals surface area contributed by atoms with Crippen molar-refractivity contribution in [3.05, 3.63) is 77.7 Å². The predicted octanol–water partition coefficient (Wildman–Crippen LogP) is 4.68. The van der Waals surface area contributed by atoms with Gasteiger partial charge in [-0.05, 0) is 57.0 Å². The van der Waals surface area contributed by atoms with Crippen LogP contribution in [0.4, 0.5) is 11.5 Å². The van der Waals surface area contributed by atoms with Crippen LogP contribution < -0.4 is 10.1 Å². The van der Waals surface area contributed by atoms with Gasteiger partial charge in [0.15, 0.2) is 0 Å². The van der Waals surface area contributed by atoms with Crippen LogP contribution in [-0.2, 0) is 4.74 Å². The zero-order valence-corrected chi connectivity index (χ0v) is 19.7. The SMILES string of the molecule is Cc1cc(Nc2cccc(C(=O)N3CCC4(CC3)C[C@@H](Oc3ccccc3)CO4)c2)nc(C)n1. The lowest BCUT2D eigenvalue weighted by atomic mass is 9.87. The van der Waals surface area contributed by atoms with E-state index in [4.69, 9.17) is 9.47 Å². The maximum absolute atomic E-state index is 13.2. The first-order valence-electron chi connectivity index (χ1n) is 11.8. The zero-order chi connectivity index (χ0) is 23.5. The molecule has 34 heavy (non-hydrogen) atoms. The molecule has 2 aliphatic rings. The molecular weight excluding hydrogens is 428 g/mol. The summed E-state index contributed by atoms with van der Waals surface area (Å²) in [7, 11) is 0. The minimum absolute atomic E-state index is 0.0450. The smallest absolute Gasteiger partial charge is 0.253 e. The molecule has 176 valence electrons. The van der Waals surface area contributed by atoms with Gasteiger partial charge in [0.25, 0.3) is 5.91 Å². The average molecular weight is 459 g/mol. The van der Waals surface area contributed by atoms with Crippen LogP contribution in [0, 0.1) is 13.8 Å². The highest BCUT2D eigenvalue weighted by Gasteiger charge is 2.44. The van der Waals surface area contributed by atoms with Crippen LogP contribution in [0.2, 0.25) is 0 Å². The van der Waals surface area contributed by atoms with Gasteiger partial charge < -0.3 is 19.7 Å². The van der Waals surface area contributed by atoms with Gasteiger partial charge in [0, 0.05) is 42.5 Å². The van der Waals surface area contributed by atoms with Crippen LogP contribution in [0.3, 0.4) is 0 Å². The summed E-state index contributed by atoms with van der Waals surface area (Å²) in [5.41, 5.74) is 2.20. The first-order chi connectivity index (χ1) is 16.5. The van der Waals surface area contributed by atoms with Crippen molar-refractivity contribution in [3.63, 3.8) is 0 Å². The Labute approximate surface area is 200 Å². The third-order valence-corrected chi connectivity index (χ3v) is 6.53. The molecule has 1 amide bonds. The number of benzene rings is 2. The van der Waals surface area contributed by atoms with Crippen molar-refractivity contribution < 1.29 is 14.3 Å². The van der Waals surface area contributed by atoms with Crippen molar-refractivity contribution in [2.75, 3.05) is 25.0 Å². The van der Waals surface area contributed by atoms with E-state index in [0.29, 0.717) is 31.1 Å². The molecule has 7 nitrogen and oxygen atoms in total. The van der Waals surface area contributed by atoms with Crippen LogP contribution in [0.25, 0.3) is 0 Å². The number of aryl methyl sites for hydroxylation is 2. The van der Waals surface area contributed by atoms with E-state index in [1.165, 1.54) is 0 Å². The molecule has 3 aromatic rings. The highest BCUT2D eigenvalue weighted by atomic mass is 16.6. The van der Waals surface area contributed by atoms with E-state index in [1.807, 2.05) is 79.4 Å². The van der Waals surface area contributed by atoms with Crippen LogP contribution in [0.1, 0.15) is 41.1 Å². The number of piperidine rings is 1. The number of hydrogen-bond acceptors (Lipinski definition) is 6. The molecular formula is C27H30N4O3. The molecule has 0 radical (unpaired) electrons. The summed E-state index contributed by atoms with van der Waals surface area (Å²) in [6, 6.07) is 19.4. The van der Waals surface area contributed by atoms with Gasteiger partial charge in [-0.1, -0.05) is 24.3 Å². The summed E-state index contributed by atoms with van der Waals surface area (Å²) < 4.78 is 12.3. The molecule has 5 rings (SSSR count). The molecule has 0 saturated carbocycles. The van der Waals surface area contributed by atoms with Crippen molar-refractivity contribution in [3.8, 4) is 5.75 Å². The normalized spacial score (nSPS) is 19.2. The number of para-hydroxylation sites is 1. The summed E-state index contributed by atoms with van der Waals surface area (Å²) in [6.45, 7) is 5.76. The first-order valence-corrected chi connectivity index (χ1v) is 11.8. The zero-order valence-electron chi connectivity index (χ0n) is 19.7. The molecule has 0 aliphatic carbocycles. The summed E-state index contributed by atoms with van der Waals surface area (Å²) in [4.78, 5) is 23.9. The molecule has 2 aliphatic heterocycles. The number of carbonyl (C=O) groups excluding carboxylic acids is 1. The van der Waals surface area contributed by atoms with Crippen LogP contribution in [0.5, 0.6) is 5.75 Å². The van der Waals surface area contributed by atoms with Crippen molar-refractivity contribution in [1.29, 1.82) is 0 Å². The Hall–Kier alpha value is -3.45. The molecule has 3 heterocycles. The molecule has 1 spiro atoms. The molecule has 1 atom stereocenters. The third kappa shape index (κ3) is 5.04. The Morgan fingerprint density at radius 1 is 1.06 bits per heavy atom. The number of nitrogens with one attached hydrogen (secondary N) is 1. The number of likely N-dealkylation sites (tertiary alicyclic amines) is 1.